The zero-order valence-electron chi connectivity index (χ0n) is 11.1. The Kier molecular flexibility index (Phi) is 4.12. The van der Waals surface area contributed by atoms with E-state index in [1.54, 1.807) is 42.7 Å². The summed E-state index contributed by atoms with van der Waals surface area (Å²) in [4.78, 5) is 25.3. The summed E-state index contributed by atoms with van der Waals surface area (Å²) in [6.45, 7) is 3.13. The quantitative estimate of drug-likeness (QED) is 0.853. The molecule has 0 saturated heterocycles. The lowest BCUT2D eigenvalue weighted by Gasteiger charge is -2.17. The maximum absolute atomic E-state index is 12.4. The maximum Gasteiger partial charge on any atom is 0.257 e. The van der Waals surface area contributed by atoms with Crippen LogP contribution in [0.3, 0.4) is 0 Å². The number of aromatic nitrogens is 3. The van der Waals surface area contributed by atoms with Gasteiger partial charge in [-0.05, 0) is 19.1 Å². The van der Waals surface area contributed by atoms with Crippen molar-refractivity contribution in [3.8, 4) is 0 Å². The average Bonchev–Trinajstić information content (AvgIpc) is 2.92. The molecule has 0 saturated carbocycles. The first-order valence-electron chi connectivity index (χ1n) is 6.15. The highest BCUT2D eigenvalue weighted by Gasteiger charge is 2.16. The van der Waals surface area contributed by atoms with Gasteiger partial charge in [0.15, 0.2) is 0 Å². The molecular formula is C13H17N5O. The molecule has 0 radical (unpaired) electrons. The average molecular weight is 259 g/mol. The molecule has 0 fully saturated rings. The fourth-order valence-corrected chi connectivity index (χ4v) is 1.77. The molecule has 0 aromatic carbocycles. The number of pyridine rings is 1. The molecule has 100 valence electrons. The van der Waals surface area contributed by atoms with Crippen LogP contribution in [-0.4, -0.2) is 39.4 Å². The van der Waals surface area contributed by atoms with Crippen molar-refractivity contribution in [1.29, 1.82) is 0 Å². The molecule has 0 aliphatic carbocycles. The molecule has 0 aliphatic heterocycles. The van der Waals surface area contributed by atoms with E-state index in [0.29, 0.717) is 17.9 Å². The topological polar surface area (TPSA) is 73.9 Å². The second kappa shape index (κ2) is 5.99. The van der Waals surface area contributed by atoms with Gasteiger partial charge in [-0.25, -0.2) is 9.97 Å². The van der Waals surface area contributed by atoms with Crippen molar-refractivity contribution in [1.82, 2.24) is 19.9 Å². The Bertz CT molecular complexity index is 538. The van der Waals surface area contributed by atoms with E-state index in [1.807, 2.05) is 6.92 Å². The van der Waals surface area contributed by atoms with Gasteiger partial charge >= 0.3 is 0 Å². The fraction of sp³-hybridized carbons (Fsp3) is 0.308. The highest BCUT2D eigenvalue weighted by Crippen LogP contribution is 2.14. The number of H-pyrrole nitrogens is 1. The van der Waals surface area contributed by atoms with Crippen molar-refractivity contribution >= 4 is 11.7 Å². The standard InChI is InChI=1S/C13H17N5O/c1-3-14-12-10(5-4-6-17-12)13(19)18(2)9-11-15-7-8-16-11/h4-8H,3,9H2,1-2H3,(H,14,17)(H,15,16). The van der Waals surface area contributed by atoms with Crippen LogP contribution in [0.15, 0.2) is 30.7 Å². The summed E-state index contributed by atoms with van der Waals surface area (Å²) in [7, 11) is 1.74. The minimum absolute atomic E-state index is 0.0829. The molecule has 0 bridgehead atoms. The SMILES string of the molecule is CCNc1ncccc1C(=O)N(C)Cc1ncc[nH]1. The van der Waals surface area contributed by atoms with Crippen LogP contribution in [0.5, 0.6) is 0 Å². The van der Waals surface area contributed by atoms with Crippen molar-refractivity contribution < 1.29 is 4.79 Å². The number of anilines is 1. The summed E-state index contributed by atoms with van der Waals surface area (Å²) in [5, 5.41) is 3.09. The molecule has 0 aliphatic rings. The zero-order chi connectivity index (χ0) is 13.7. The van der Waals surface area contributed by atoms with E-state index in [0.717, 1.165) is 12.4 Å². The van der Waals surface area contributed by atoms with Gasteiger partial charge < -0.3 is 15.2 Å². The number of imidazole rings is 1. The van der Waals surface area contributed by atoms with Gasteiger partial charge in [-0.15, -0.1) is 0 Å². The number of nitrogens with zero attached hydrogens (tertiary/aromatic N) is 3. The lowest BCUT2D eigenvalue weighted by Crippen LogP contribution is -2.27. The predicted octanol–water partition coefficient (Wildman–Crippen LogP) is 1.51. The third-order valence-corrected chi connectivity index (χ3v) is 2.67. The van der Waals surface area contributed by atoms with Crippen LogP contribution >= 0.6 is 0 Å². The van der Waals surface area contributed by atoms with Crippen LogP contribution in [0.1, 0.15) is 23.1 Å². The van der Waals surface area contributed by atoms with Gasteiger partial charge in [0, 0.05) is 32.2 Å². The van der Waals surface area contributed by atoms with E-state index in [4.69, 9.17) is 0 Å². The summed E-state index contributed by atoms with van der Waals surface area (Å²) in [5.74, 6) is 1.28. The van der Waals surface area contributed by atoms with Gasteiger partial charge in [-0.2, -0.15) is 0 Å². The van der Waals surface area contributed by atoms with Gasteiger partial charge in [-0.1, -0.05) is 0 Å². The first-order valence-corrected chi connectivity index (χ1v) is 6.15. The molecule has 6 heteroatoms. The van der Waals surface area contributed by atoms with Crippen molar-refractivity contribution in [2.45, 2.75) is 13.5 Å². The molecular weight excluding hydrogens is 242 g/mol. The number of hydrogen-bond donors (Lipinski definition) is 2. The van der Waals surface area contributed by atoms with Crippen LogP contribution in [0.4, 0.5) is 5.82 Å². The van der Waals surface area contributed by atoms with E-state index < -0.39 is 0 Å². The number of carbonyl (C=O) groups is 1. The van der Waals surface area contributed by atoms with Gasteiger partial charge in [0.05, 0.1) is 12.1 Å². The number of amides is 1. The van der Waals surface area contributed by atoms with Crippen molar-refractivity contribution in [3.05, 3.63) is 42.1 Å². The first kappa shape index (κ1) is 13.1. The Morgan fingerprint density at radius 1 is 1.42 bits per heavy atom. The summed E-state index contributed by atoms with van der Waals surface area (Å²) < 4.78 is 0. The van der Waals surface area contributed by atoms with E-state index in [1.165, 1.54) is 0 Å². The van der Waals surface area contributed by atoms with E-state index in [2.05, 4.69) is 20.3 Å². The molecule has 2 heterocycles. The summed E-state index contributed by atoms with van der Waals surface area (Å²) >= 11 is 0. The van der Waals surface area contributed by atoms with Gasteiger partial charge in [0.25, 0.3) is 5.91 Å². The number of rotatable bonds is 5. The van der Waals surface area contributed by atoms with Crippen molar-refractivity contribution in [2.24, 2.45) is 0 Å². The van der Waals surface area contributed by atoms with Crippen molar-refractivity contribution in [2.75, 3.05) is 18.9 Å². The van der Waals surface area contributed by atoms with E-state index >= 15 is 0 Å². The summed E-state index contributed by atoms with van der Waals surface area (Å²) in [6, 6.07) is 3.53. The molecule has 0 unspecified atom stereocenters. The Balaban J connectivity index is 2.14. The van der Waals surface area contributed by atoms with Gasteiger partial charge in [0.1, 0.15) is 11.6 Å². The maximum atomic E-state index is 12.4. The normalized spacial score (nSPS) is 10.2. The number of nitrogens with one attached hydrogen (secondary N) is 2. The Labute approximate surface area is 111 Å². The monoisotopic (exact) mass is 259 g/mol. The molecule has 0 atom stereocenters. The van der Waals surface area contributed by atoms with Crippen LogP contribution in [0.25, 0.3) is 0 Å². The number of hydrogen-bond acceptors (Lipinski definition) is 4. The highest BCUT2D eigenvalue weighted by atomic mass is 16.2. The predicted molar refractivity (Wildman–Crippen MR) is 72.8 cm³/mol. The molecule has 1 amide bonds. The first-order chi connectivity index (χ1) is 9.22. The number of carbonyl (C=O) groups excluding carboxylic acids is 1. The summed E-state index contributed by atoms with van der Waals surface area (Å²) in [5.41, 5.74) is 0.568. The third kappa shape index (κ3) is 3.09. The smallest absolute Gasteiger partial charge is 0.257 e. The minimum Gasteiger partial charge on any atom is -0.370 e. The van der Waals surface area contributed by atoms with Gasteiger partial charge in [0.2, 0.25) is 0 Å². The second-order valence-corrected chi connectivity index (χ2v) is 4.13. The van der Waals surface area contributed by atoms with Crippen LogP contribution < -0.4 is 5.32 Å². The molecule has 0 spiro atoms. The third-order valence-electron chi connectivity index (χ3n) is 2.67. The van der Waals surface area contributed by atoms with Crippen LogP contribution in [0, 0.1) is 0 Å². The molecule has 2 rings (SSSR count). The molecule has 19 heavy (non-hydrogen) atoms. The zero-order valence-corrected chi connectivity index (χ0v) is 11.1. The van der Waals surface area contributed by atoms with Crippen LogP contribution in [-0.2, 0) is 6.54 Å². The van der Waals surface area contributed by atoms with E-state index in [-0.39, 0.29) is 5.91 Å². The molecule has 6 nitrogen and oxygen atoms in total. The van der Waals surface area contributed by atoms with Crippen molar-refractivity contribution in [3.63, 3.8) is 0 Å². The largest absolute Gasteiger partial charge is 0.370 e. The minimum atomic E-state index is -0.0829. The van der Waals surface area contributed by atoms with Crippen LogP contribution in [0.2, 0.25) is 0 Å². The highest BCUT2D eigenvalue weighted by molar-refractivity contribution is 5.98. The Morgan fingerprint density at radius 3 is 2.95 bits per heavy atom. The lowest BCUT2D eigenvalue weighted by atomic mass is 10.2. The molecule has 2 aromatic heterocycles. The Hall–Kier alpha value is -2.37. The molecule has 2 aromatic rings. The summed E-state index contributed by atoms with van der Waals surface area (Å²) in [6.07, 6.45) is 5.07. The molecule has 2 N–H and O–H groups in total. The van der Waals surface area contributed by atoms with Gasteiger partial charge in [-0.3, -0.25) is 4.79 Å². The second-order valence-electron chi connectivity index (χ2n) is 4.13. The Morgan fingerprint density at radius 2 is 2.26 bits per heavy atom. The van der Waals surface area contributed by atoms with E-state index in [9.17, 15) is 4.79 Å². The number of aromatic amines is 1. The lowest BCUT2D eigenvalue weighted by molar-refractivity contribution is 0.0782. The fourth-order valence-electron chi connectivity index (χ4n) is 1.77.